The molecule has 1 aliphatic heterocycles. The first-order chi connectivity index (χ1) is 10.6. The van der Waals surface area contributed by atoms with Crippen LogP contribution >= 0.6 is 31.9 Å². The van der Waals surface area contributed by atoms with E-state index < -0.39 is 36.6 Å². The molecule has 2 rings (SSSR count). The maximum atomic E-state index is 13.1. The third-order valence-electron chi connectivity index (χ3n) is 3.09. The molecule has 1 aromatic rings. The second-order valence-electron chi connectivity index (χ2n) is 4.65. The molecular formula is C12H8Br2F4N2O3. The Morgan fingerprint density at radius 3 is 2.22 bits per heavy atom. The molecular weight excluding hydrogens is 456 g/mol. The van der Waals surface area contributed by atoms with Crippen molar-refractivity contribution >= 4 is 43.5 Å². The predicted octanol–water partition coefficient (Wildman–Crippen LogP) is 3.34. The highest BCUT2D eigenvalue weighted by Crippen LogP contribution is 2.37. The van der Waals surface area contributed by atoms with E-state index in [2.05, 4.69) is 37.0 Å². The maximum Gasteiger partial charge on any atom is 0.287 e. The van der Waals surface area contributed by atoms with Crippen molar-refractivity contribution in [3.05, 3.63) is 26.6 Å². The minimum absolute atomic E-state index is 0.0512. The summed E-state index contributed by atoms with van der Waals surface area (Å²) in [5.41, 5.74) is -4.42. The smallest absolute Gasteiger partial charge is 0.287 e. The lowest BCUT2D eigenvalue weighted by Gasteiger charge is -2.30. The average molecular weight is 464 g/mol. The Kier molecular flexibility index (Phi) is 5.02. The molecule has 0 saturated carbocycles. The van der Waals surface area contributed by atoms with Crippen LogP contribution < -0.4 is 0 Å². The summed E-state index contributed by atoms with van der Waals surface area (Å²) in [4.78, 5) is 12.3. The second-order valence-corrected chi connectivity index (χ2v) is 6.36. The second kappa shape index (κ2) is 6.36. The molecule has 0 bridgehead atoms. The molecule has 1 amide bonds. The zero-order chi connectivity index (χ0) is 17.5. The molecule has 0 fully saturated rings. The van der Waals surface area contributed by atoms with E-state index in [1.807, 2.05) is 0 Å². The summed E-state index contributed by atoms with van der Waals surface area (Å²) >= 11 is 5.90. The molecule has 0 radical (unpaired) electrons. The first-order valence-electron chi connectivity index (χ1n) is 5.96. The first kappa shape index (κ1) is 18.1. The van der Waals surface area contributed by atoms with E-state index >= 15 is 0 Å². The lowest BCUT2D eigenvalue weighted by molar-refractivity contribution is -0.164. The summed E-state index contributed by atoms with van der Waals surface area (Å²) in [5, 5.41) is 22.6. The number of amides is 1. The molecule has 1 atom stereocenters. The largest absolute Gasteiger partial charge is 0.506 e. The Labute approximate surface area is 143 Å². The highest BCUT2D eigenvalue weighted by Gasteiger charge is 2.53. The number of rotatable bonds is 3. The molecule has 2 N–H and O–H groups in total. The zero-order valence-corrected chi connectivity index (χ0v) is 14.2. The van der Waals surface area contributed by atoms with Crippen LogP contribution in [0.25, 0.3) is 0 Å². The fourth-order valence-electron chi connectivity index (χ4n) is 1.91. The van der Waals surface area contributed by atoms with Gasteiger partial charge in [-0.2, -0.15) is 10.1 Å². The topological polar surface area (TPSA) is 73.1 Å². The normalized spacial score (nSPS) is 21.3. The Morgan fingerprint density at radius 2 is 1.78 bits per heavy atom. The van der Waals surface area contributed by atoms with Crippen molar-refractivity contribution in [2.75, 3.05) is 0 Å². The lowest BCUT2D eigenvalue weighted by atomic mass is 10.1. The molecule has 1 heterocycles. The van der Waals surface area contributed by atoms with Crippen molar-refractivity contribution in [2.24, 2.45) is 5.10 Å². The molecule has 0 spiro atoms. The number of hydrogen-bond donors (Lipinski definition) is 2. The number of phenolic OH excluding ortho intramolecular Hbond substituents is 1. The maximum absolute atomic E-state index is 13.1. The standard InChI is InChI=1S/C12H8Br2F4N2O3/c13-5-1-4(2-6(14)8(5)21)10(22)20-12(23,11(17)18)3-7(19-20)9(15)16/h1-2,9,11,21,23H,3H2/t12-/m1/s1. The molecule has 1 aliphatic rings. The Morgan fingerprint density at radius 1 is 1.26 bits per heavy atom. The van der Waals surface area contributed by atoms with Gasteiger partial charge in [-0.15, -0.1) is 0 Å². The molecule has 5 nitrogen and oxygen atoms in total. The number of halogens is 6. The van der Waals surface area contributed by atoms with Crippen LogP contribution in [-0.4, -0.2) is 45.4 Å². The number of benzene rings is 1. The third-order valence-corrected chi connectivity index (χ3v) is 4.30. The number of alkyl halides is 4. The van der Waals surface area contributed by atoms with Crippen LogP contribution in [0.2, 0.25) is 0 Å². The number of nitrogens with zero attached hydrogens (tertiary/aromatic N) is 2. The van der Waals surface area contributed by atoms with Gasteiger partial charge in [0.1, 0.15) is 11.5 Å². The highest BCUT2D eigenvalue weighted by atomic mass is 79.9. The fourth-order valence-corrected chi connectivity index (χ4v) is 3.10. The number of aliphatic hydroxyl groups is 1. The van der Waals surface area contributed by atoms with Gasteiger partial charge < -0.3 is 10.2 Å². The van der Waals surface area contributed by atoms with Crippen molar-refractivity contribution in [1.82, 2.24) is 5.01 Å². The minimum atomic E-state index is -3.50. The van der Waals surface area contributed by atoms with Gasteiger partial charge in [0.2, 0.25) is 5.72 Å². The summed E-state index contributed by atoms with van der Waals surface area (Å²) in [7, 11) is 0. The molecule has 23 heavy (non-hydrogen) atoms. The van der Waals surface area contributed by atoms with Gasteiger partial charge in [0, 0.05) is 12.0 Å². The van der Waals surface area contributed by atoms with Crippen molar-refractivity contribution in [3.63, 3.8) is 0 Å². The predicted molar refractivity (Wildman–Crippen MR) is 78.7 cm³/mol. The van der Waals surface area contributed by atoms with E-state index in [1.54, 1.807) is 0 Å². The molecule has 1 aromatic carbocycles. The lowest BCUT2D eigenvalue weighted by Crippen LogP contribution is -2.51. The molecule has 0 saturated heterocycles. The first-order valence-corrected chi connectivity index (χ1v) is 7.55. The van der Waals surface area contributed by atoms with Crippen molar-refractivity contribution in [3.8, 4) is 5.75 Å². The summed E-state index contributed by atoms with van der Waals surface area (Å²) in [6.45, 7) is 0. The van der Waals surface area contributed by atoms with Crippen LogP contribution in [0.15, 0.2) is 26.2 Å². The Bertz CT molecular complexity index is 663. The number of carbonyl (C=O) groups is 1. The molecule has 0 aliphatic carbocycles. The summed E-state index contributed by atoms with van der Waals surface area (Å²) in [6, 6.07) is 2.18. The van der Waals surface area contributed by atoms with Gasteiger partial charge in [-0.3, -0.25) is 4.79 Å². The number of hydrazone groups is 1. The average Bonchev–Trinajstić information content (AvgIpc) is 2.83. The SMILES string of the molecule is O=C(c1cc(Br)c(O)c(Br)c1)N1N=C(C(F)F)C[C@@]1(O)C(F)F. The summed E-state index contributed by atoms with van der Waals surface area (Å²) in [5.74, 6) is -1.46. The van der Waals surface area contributed by atoms with Gasteiger partial charge in [-0.1, -0.05) is 0 Å². The van der Waals surface area contributed by atoms with Crippen LogP contribution in [0, 0.1) is 0 Å². The van der Waals surface area contributed by atoms with E-state index in [4.69, 9.17) is 0 Å². The van der Waals surface area contributed by atoms with Gasteiger partial charge in [0.05, 0.1) is 8.95 Å². The quantitative estimate of drug-likeness (QED) is 0.675. The van der Waals surface area contributed by atoms with Crippen LogP contribution in [0.5, 0.6) is 5.75 Å². The molecule has 0 aromatic heterocycles. The number of carbonyl (C=O) groups excluding carboxylic acids is 1. The molecule has 126 valence electrons. The van der Waals surface area contributed by atoms with E-state index in [1.165, 1.54) is 0 Å². The molecule has 0 unspecified atom stereocenters. The van der Waals surface area contributed by atoms with Crippen LogP contribution in [0.4, 0.5) is 17.6 Å². The van der Waals surface area contributed by atoms with Gasteiger partial charge in [-0.25, -0.2) is 17.6 Å². The van der Waals surface area contributed by atoms with Crippen molar-refractivity contribution in [1.29, 1.82) is 0 Å². The van der Waals surface area contributed by atoms with Crippen LogP contribution in [0.1, 0.15) is 16.8 Å². The van der Waals surface area contributed by atoms with Gasteiger partial charge in [-0.05, 0) is 44.0 Å². The summed E-state index contributed by atoms with van der Waals surface area (Å²) in [6.07, 6.45) is -7.85. The fraction of sp³-hybridized carbons (Fsp3) is 0.333. The van der Waals surface area contributed by atoms with Gasteiger partial charge >= 0.3 is 0 Å². The van der Waals surface area contributed by atoms with E-state index in [0.717, 1.165) is 12.1 Å². The monoisotopic (exact) mass is 462 g/mol. The number of aromatic hydroxyl groups is 1. The van der Waals surface area contributed by atoms with E-state index in [0.29, 0.717) is 0 Å². The summed E-state index contributed by atoms with van der Waals surface area (Å²) < 4.78 is 51.7. The number of phenols is 1. The Hall–Kier alpha value is -1.20. The van der Waals surface area contributed by atoms with Crippen LogP contribution in [0.3, 0.4) is 0 Å². The van der Waals surface area contributed by atoms with E-state index in [-0.39, 0.29) is 25.3 Å². The minimum Gasteiger partial charge on any atom is -0.506 e. The number of hydrogen-bond acceptors (Lipinski definition) is 4. The van der Waals surface area contributed by atoms with Crippen molar-refractivity contribution in [2.45, 2.75) is 25.0 Å². The highest BCUT2D eigenvalue weighted by molar-refractivity contribution is 9.11. The third kappa shape index (κ3) is 3.22. The molecule has 11 heteroatoms. The van der Waals surface area contributed by atoms with Crippen molar-refractivity contribution < 1.29 is 32.6 Å². The van der Waals surface area contributed by atoms with E-state index in [9.17, 15) is 32.6 Å². The van der Waals surface area contributed by atoms with Gasteiger partial charge in [0.25, 0.3) is 18.8 Å². The van der Waals surface area contributed by atoms with Gasteiger partial charge in [0.15, 0.2) is 0 Å². The Balaban J connectivity index is 2.47. The zero-order valence-electron chi connectivity index (χ0n) is 11.0. The van der Waals surface area contributed by atoms with Crippen LogP contribution in [-0.2, 0) is 0 Å².